The van der Waals surface area contributed by atoms with Crippen LogP contribution in [0.5, 0.6) is 0 Å². The van der Waals surface area contributed by atoms with E-state index in [1.807, 2.05) is 10.9 Å². The summed E-state index contributed by atoms with van der Waals surface area (Å²) in [6, 6.07) is 1.18. The molecule has 2 saturated heterocycles. The molecule has 6 heteroatoms. The predicted octanol–water partition coefficient (Wildman–Crippen LogP) is 0.866. The van der Waals surface area contributed by atoms with Crippen molar-refractivity contribution in [3.05, 3.63) is 18.0 Å². The van der Waals surface area contributed by atoms with E-state index in [2.05, 4.69) is 40.0 Å². The van der Waals surface area contributed by atoms with E-state index in [1.165, 1.54) is 31.5 Å². The number of piperidine rings is 1. The molecule has 0 aromatic carbocycles. The molecule has 24 heavy (non-hydrogen) atoms. The smallest absolute Gasteiger partial charge is 0.0534 e. The molecule has 6 nitrogen and oxygen atoms in total. The Labute approximate surface area is 146 Å². The molecule has 0 saturated carbocycles. The van der Waals surface area contributed by atoms with Crippen LogP contribution in [0.15, 0.2) is 12.4 Å². The minimum atomic E-state index is 0.287. The fraction of sp³-hybridized carbons (Fsp3) is 0.833. The second-order valence-corrected chi connectivity index (χ2v) is 7.38. The lowest BCUT2D eigenvalue weighted by molar-refractivity contribution is 0.00599. The fourth-order valence-electron chi connectivity index (χ4n) is 4.21. The lowest BCUT2D eigenvalue weighted by Gasteiger charge is -2.47. The Morgan fingerprint density at radius 2 is 2.00 bits per heavy atom. The van der Waals surface area contributed by atoms with Gasteiger partial charge in [0.05, 0.1) is 6.20 Å². The number of rotatable bonds is 6. The Morgan fingerprint density at radius 3 is 2.67 bits per heavy atom. The Kier molecular flexibility index (Phi) is 6.27. The quantitative estimate of drug-likeness (QED) is 0.836. The molecule has 1 aromatic heterocycles. The first-order valence-electron chi connectivity index (χ1n) is 9.48. The van der Waals surface area contributed by atoms with Crippen molar-refractivity contribution in [2.24, 2.45) is 0 Å². The lowest BCUT2D eigenvalue weighted by Crippen LogP contribution is -2.58. The molecule has 136 valence electrons. The maximum atomic E-state index is 9.52. The van der Waals surface area contributed by atoms with Gasteiger partial charge >= 0.3 is 0 Å². The van der Waals surface area contributed by atoms with Crippen molar-refractivity contribution in [2.45, 2.75) is 51.4 Å². The van der Waals surface area contributed by atoms with Gasteiger partial charge in [-0.2, -0.15) is 5.10 Å². The van der Waals surface area contributed by atoms with E-state index >= 15 is 0 Å². The first-order valence-corrected chi connectivity index (χ1v) is 9.48. The van der Waals surface area contributed by atoms with Gasteiger partial charge in [0.15, 0.2) is 0 Å². The third-order valence-electron chi connectivity index (χ3n) is 5.65. The molecule has 0 spiro atoms. The number of piperazine rings is 1. The van der Waals surface area contributed by atoms with Crippen LogP contribution in [0.1, 0.15) is 31.7 Å². The van der Waals surface area contributed by atoms with Crippen LogP contribution in [0, 0.1) is 0 Å². The van der Waals surface area contributed by atoms with Crippen molar-refractivity contribution in [3.63, 3.8) is 0 Å². The summed E-state index contributed by atoms with van der Waals surface area (Å²) in [4.78, 5) is 7.65. The summed E-state index contributed by atoms with van der Waals surface area (Å²) in [6.07, 6.45) is 7.57. The second-order valence-electron chi connectivity index (χ2n) is 7.38. The van der Waals surface area contributed by atoms with Gasteiger partial charge in [0, 0.05) is 63.2 Å². The van der Waals surface area contributed by atoms with E-state index in [0.717, 1.165) is 39.1 Å². The van der Waals surface area contributed by atoms with Crippen LogP contribution in [0.25, 0.3) is 0 Å². The molecule has 2 aliphatic rings. The van der Waals surface area contributed by atoms with Crippen molar-refractivity contribution in [3.8, 4) is 0 Å². The van der Waals surface area contributed by atoms with Crippen LogP contribution in [0.4, 0.5) is 0 Å². The van der Waals surface area contributed by atoms with Gasteiger partial charge in [-0.25, -0.2) is 0 Å². The van der Waals surface area contributed by atoms with Crippen LogP contribution < -0.4 is 0 Å². The van der Waals surface area contributed by atoms with Crippen LogP contribution >= 0.6 is 0 Å². The first-order chi connectivity index (χ1) is 11.7. The third kappa shape index (κ3) is 4.36. The van der Waals surface area contributed by atoms with Gasteiger partial charge in [-0.1, -0.05) is 0 Å². The van der Waals surface area contributed by atoms with Crippen LogP contribution in [-0.2, 0) is 13.1 Å². The van der Waals surface area contributed by atoms with E-state index < -0.39 is 0 Å². The standard InChI is InChI=1S/C18H33N5O/c1-3-22-14-16(12-19-22)13-21-9-10-23(18(15-21)6-11-24)17-4-7-20(2)8-5-17/h12,14,17-18,24H,3-11,13,15H2,1-2H3. The van der Waals surface area contributed by atoms with Gasteiger partial charge in [0.25, 0.3) is 0 Å². The van der Waals surface area contributed by atoms with Crippen molar-refractivity contribution in [1.82, 2.24) is 24.5 Å². The van der Waals surface area contributed by atoms with Crippen molar-refractivity contribution in [1.29, 1.82) is 0 Å². The molecular formula is C18H33N5O. The summed E-state index contributed by atoms with van der Waals surface area (Å²) in [6.45, 7) is 10.0. The molecule has 0 amide bonds. The zero-order valence-corrected chi connectivity index (χ0v) is 15.3. The van der Waals surface area contributed by atoms with Gasteiger partial charge in [0.2, 0.25) is 0 Å². The molecular weight excluding hydrogens is 302 g/mol. The Morgan fingerprint density at radius 1 is 1.21 bits per heavy atom. The summed E-state index contributed by atoms with van der Waals surface area (Å²) in [5.74, 6) is 0. The van der Waals surface area contributed by atoms with Gasteiger partial charge in [-0.05, 0) is 46.3 Å². The summed E-state index contributed by atoms with van der Waals surface area (Å²) in [5, 5.41) is 13.9. The highest BCUT2D eigenvalue weighted by atomic mass is 16.3. The molecule has 1 N–H and O–H groups in total. The Hall–Kier alpha value is -0.950. The minimum Gasteiger partial charge on any atom is -0.396 e. The van der Waals surface area contributed by atoms with Crippen LogP contribution in [0.3, 0.4) is 0 Å². The summed E-state index contributed by atoms with van der Waals surface area (Å²) >= 11 is 0. The molecule has 1 atom stereocenters. The van der Waals surface area contributed by atoms with E-state index in [9.17, 15) is 5.11 Å². The highest BCUT2D eigenvalue weighted by molar-refractivity contribution is 5.04. The lowest BCUT2D eigenvalue weighted by atomic mass is 9.98. The Balaban J connectivity index is 1.58. The molecule has 0 bridgehead atoms. The van der Waals surface area contributed by atoms with Crippen molar-refractivity contribution < 1.29 is 5.11 Å². The summed E-state index contributed by atoms with van der Waals surface area (Å²) in [5.41, 5.74) is 1.30. The molecule has 0 radical (unpaired) electrons. The van der Waals surface area contributed by atoms with Crippen LogP contribution in [0.2, 0.25) is 0 Å². The third-order valence-corrected chi connectivity index (χ3v) is 5.65. The number of aromatic nitrogens is 2. The number of aliphatic hydroxyl groups is 1. The van der Waals surface area contributed by atoms with Gasteiger partial charge in [-0.3, -0.25) is 14.5 Å². The molecule has 1 unspecified atom stereocenters. The minimum absolute atomic E-state index is 0.287. The first kappa shape index (κ1) is 17.9. The van der Waals surface area contributed by atoms with Crippen LogP contribution in [-0.4, -0.2) is 88.0 Å². The van der Waals surface area contributed by atoms with E-state index in [0.29, 0.717) is 12.1 Å². The molecule has 0 aliphatic carbocycles. The summed E-state index contributed by atoms with van der Waals surface area (Å²) in [7, 11) is 2.22. The number of hydrogen-bond acceptors (Lipinski definition) is 5. The highest BCUT2D eigenvalue weighted by Gasteiger charge is 2.33. The topological polar surface area (TPSA) is 47.8 Å². The molecule has 2 aliphatic heterocycles. The predicted molar refractivity (Wildman–Crippen MR) is 95.9 cm³/mol. The molecule has 3 heterocycles. The van der Waals surface area contributed by atoms with Crippen molar-refractivity contribution >= 4 is 0 Å². The normalized spacial score (nSPS) is 25.4. The fourth-order valence-corrected chi connectivity index (χ4v) is 4.21. The monoisotopic (exact) mass is 335 g/mol. The highest BCUT2D eigenvalue weighted by Crippen LogP contribution is 2.23. The number of hydrogen-bond donors (Lipinski definition) is 1. The summed E-state index contributed by atoms with van der Waals surface area (Å²) < 4.78 is 2.00. The van der Waals surface area contributed by atoms with Crippen molar-refractivity contribution in [2.75, 3.05) is 46.4 Å². The zero-order chi connectivity index (χ0) is 16.9. The maximum Gasteiger partial charge on any atom is 0.0534 e. The van der Waals surface area contributed by atoms with E-state index in [-0.39, 0.29) is 6.61 Å². The average molecular weight is 335 g/mol. The average Bonchev–Trinajstić information content (AvgIpc) is 3.04. The number of nitrogens with zero attached hydrogens (tertiary/aromatic N) is 5. The van der Waals surface area contributed by atoms with Gasteiger partial charge < -0.3 is 10.0 Å². The second kappa shape index (κ2) is 8.43. The maximum absolute atomic E-state index is 9.52. The number of likely N-dealkylation sites (tertiary alicyclic amines) is 1. The molecule has 3 rings (SSSR count). The van der Waals surface area contributed by atoms with Gasteiger partial charge in [0.1, 0.15) is 0 Å². The molecule has 1 aromatic rings. The Bertz CT molecular complexity index is 497. The van der Waals surface area contributed by atoms with Gasteiger partial charge in [-0.15, -0.1) is 0 Å². The number of aryl methyl sites for hydroxylation is 1. The van der Waals surface area contributed by atoms with E-state index in [1.54, 1.807) is 0 Å². The number of aliphatic hydroxyl groups excluding tert-OH is 1. The zero-order valence-electron chi connectivity index (χ0n) is 15.3. The van der Waals surface area contributed by atoms with E-state index in [4.69, 9.17) is 0 Å². The molecule has 2 fully saturated rings. The largest absolute Gasteiger partial charge is 0.396 e. The SMILES string of the molecule is CCn1cc(CN2CCN(C3CCN(C)CC3)C(CCO)C2)cn1.